The van der Waals surface area contributed by atoms with Gasteiger partial charge in [0.15, 0.2) is 14.9 Å². The number of methoxy groups -OCH3 is 1. The number of ether oxygens (including phenoxy) is 1. The number of aromatic nitrogens is 3. The van der Waals surface area contributed by atoms with E-state index in [0.717, 1.165) is 10.8 Å². The van der Waals surface area contributed by atoms with Crippen molar-refractivity contribution in [3.8, 4) is 16.9 Å². The molecule has 2 aromatic heterocycles. The lowest BCUT2D eigenvalue weighted by Crippen LogP contribution is -2.29. The van der Waals surface area contributed by atoms with E-state index < -0.39 is 21.3 Å². The van der Waals surface area contributed by atoms with E-state index in [1.807, 2.05) is 0 Å². The Kier molecular flexibility index (Phi) is 5.31. The van der Waals surface area contributed by atoms with Crippen LogP contribution in [0.25, 0.3) is 16.8 Å². The minimum atomic E-state index is -3.77. The molecule has 4 rings (SSSR count). The van der Waals surface area contributed by atoms with Crippen LogP contribution in [0.1, 0.15) is 16.1 Å². The van der Waals surface area contributed by atoms with Crippen molar-refractivity contribution >= 4 is 27.1 Å². The molecule has 0 bridgehead atoms. The van der Waals surface area contributed by atoms with Crippen LogP contribution in [0.3, 0.4) is 0 Å². The van der Waals surface area contributed by atoms with Gasteiger partial charge in [-0.1, -0.05) is 36.4 Å². The summed E-state index contributed by atoms with van der Waals surface area (Å²) in [5.41, 5.74) is 0.846. The van der Waals surface area contributed by atoms with E-state index >= 15 is 0 Å². The first-order valence-corrected chi connectivity index (χ1v) is 11.5. The molecule has 0 unspecified atom stereocenters. The minimum Gasteiger partial charge on any atom is -0.497 e. The number of carbonyl (C=O) groups is 1. The molecular weight excluding hydrogens is 432 g/mol. The quantitative estimate of drug-likeness (QED) is 0.480. The van der Waals surface area contributed by atoms with Crippen molar-refractivity contribution in [2.24, 2.45) is 0 Å². The number of benzene rings is 2. The molecule has 164 valence electrons. The molecular formula is C22H20N4O5S. The zero-order valence-corrected chi connectivity index (χ0v) is 18.4. The van der Waals surface area contributed by atoms with Gasteiger partial charge in [-0.2, -0.15) is 9.61 Å². The van der Waals surface area contributed by atoms with Gasteiger partial charge in [0.25, 0.3) is 11.5 Å². The molecule has 0 fully saturated rings. The van der Waals surface area contributed by atoms with Crippen LogP contribution in [0.4, 0.5) is 5.69 Å². The van der Waals surface area contributed by atoms with E-state index in [4.69, 9.17) is 4.74 Å². The van der Waals surface area contributed by atoms with Gasteiger partial charge in [0.05, 0.1) is 12.7 Å². The SMILES string of the molecule is COc1cccc(NC(=O)c2c(C)[nH]c3c(-c4ccccc4)c(S(C)(=O)=O)nn3c2=O)c1. The number of anilines is 1. The molecule has 4 aromatic rings. The lowest BCUT2D eigenvalue weighted by Gasteiger charge is -2.09. The Morgan fingerprint density at radius 2 is 1.84 bits per heavy atom. The molecule has 2 heterocycles. The number of fused-ring (bicyclic) bond motifs is 1. The van der Waals surface area contributed by atoms with E-state index in [-0.39, 0.29) is 27.5 Å². The number of carbonyl (C=O) groups excluding carboxylic acids is 1. The molecule has 0 spiro atoms. The van der Waals surface area contributed by atoms with Gasteiger partial charge in [0.2, 0.25) is 0 Å². The number of hydrogen-bond donors (Lipinski definition) is 2. The number of H-pyrrole nitrogens is 1. The first-order chi connectivity index (χ1) is 15.2. The Bertz CT molecular complexity index is 1500. The Morgan fingerprint density at radius 3 is 2.50 bits per heavy atom. The van der Waals surface area contributed by atoms with Crippen LogP contribution in [0.2, 0.25) is 0 Å². The normalized spacial score (nSPS) is 11.5. The van der Waals surface area contributed by atoms with Gasteiger partial charge in [-0.05, 0) is 24.6 Å². The highest BCUT2D eigenvalue weighted by Crippen LogP contribution is 2.30. The minimum absolute atomic E-state index is 0.178. The van der Waals surface area contributed by atoms with Crippen LogP contribution in [0.15, 0.2) is 64.4 Å². The summed E-state index contributed by atoms with van der Waals surface area (Å²) in [4.78, 5) is 29.2. The molecule has 10 heteroatoms. The standard InChI is InChI=1S/C22H20N4O5S/c1-13-17(20(27)24-15-10-7-11-16(12-15)31-2)22(28)26-19(23-13)18(14-8-5-4-6-9-14)21(25-26)32(3,29)30/h4-12,23H,1-3H3,(H,24,27). The third-order valence-electron chi connectivity index (χ3n) is 4.91. The van der Waals surface area contributed by atoms with Crippen molar-refractivity contribution in [1.29, 1.82) is 0 Å². The van der Waals surface area contributed by atoms with Gasteiger partial charge >= 0.3 is 0 Å². The third kappa shape index (κ3) is 3.76. The highest BCUT2D eigenvalue weighted by molar-refractivity contribution is 7.90. The highest BCUT2D eigenvalue weighted by Gasteiger charge is 2.27. The van der Waals surface area contributed by atoms with E-state index in [1.165, 1.54) is 7.11 Å². The molecule has 2 N–H and O–H groups in total. The summed E-state index contributed by atoms with van der Waals surface area (Å²) in [5, 5.41) is 6.48. The van der Waals surface area contributed by atoms with Crippen molar-refractivity contribution in [3.05, 3.63) is 76.2 Å². The highest BCUT2D eigenvalue weighted by atomic mass is 32.2. The second-order valence-electron chi connectivity index (χ2n) is 7.19. The lowest BCUT2D eigenvalue weighted by molar-refractivity contribution is 0.102. The van der Waals surface area contributed by atoms with Crippen molar-refractivity contribution < 1.29 is 17.9 Å². The molecule has 0 aliphatic rings. The average molecular weight is 452 g/mol. The number of aryl methyl sites for hydroxylation is 1. The van der Waals surface area contributed by atoms with Crippen LogP contribution >= 0.6 is 0 Å². The molecule has 32 heavy (non-hydrogen) atoms. The first-order valence-electron chi connectivity index (χ1n) is 9.57. The number of hydrogen-bond acceptors (Lipinski definition) is 6. The maximum absolute atomic E-state index is 13.2. The lowest BCUT2D eigenvalue weighted by atomic mass is 10.1. The van der Waals surface area contributed by atoms with Gasteiger partial charge < -0.3 is 15.0 Å². The monoisotopic (exact) mass is 452 g/mol. The fourth-order valence-corrected chi connectivity index (χ4v) is 4.27. The number of nitrogens with one attached hydrogen (secondary N) is 2. The second-order valence-corrected chi connectivity index (χ2v) is 9.13. The number of aromatic amines is 1. The summed E-state index contributed by atoms with van der Waals surface area (Å²) in [6, 6.07) is 15.5. The molecule has 0 aliphatic heterocycles. The van der Waals surface area contributed by atoms with Gasteiger partial charge in [-0.15, -0.1) is 0 Å². The molecule has 0 saturated heterocycles. The number of amides is 1. The van der Waals surface area contributed by atoms with E-state index in [2.05, 4.69) is 15.4 Å². The largest absolute Gasteiger partial charge is 0.497 e. The van der Waals surface area contributed by atoms with Crippen LogP contribution < -0.4 is 15.6 Å². The molecule has 0 radical (unpaired) electrons. The fraction of sp³-hybridized carbons (Fsp3) is 0.136. The second kappa shape index (κ2) is 7.97. The Labute approximate surface area is 183 Å². The molecule has 0 atom stereocenters. The van der Waals surface area contributed by atoms with Crippen molar-refractivity contribution in [2.75, 3.05) is 18.7 Å². The summed E-state index contributed by atoms with van der Waals surface area (Å²) in [6.07, 6.45) is 1.02. The van der Waals surface area contributed by atoms with E-state index in [1.54, 1.807) is 61.5 Å². The molecule has 2 aromatic carbocycles. The topological polar surface area (TPSA) is 123 Å². The molecule has 0 aliphatic carbocycles. The van der Waals surface area contributed by atoms with Gasteiger partial charge in [-0.25, -0.2) is 8.42 Å². The van der Waals surface area contributed by atoms with Gasteiger partial charge in [0.1, 0.15) is 17.0 Å². The first kappa shape index (κ1) is 21.3. The Balaban J connectivity index is 1.90. The average Bonchev–Trinajstić information content (AvgIpc) is 3.14. The van der Waals surface area contributed by atoms with Gasteiger partial charge in [-0.3, -0.25) is 9.59 Å². The van der Waals surface area contributed by atoms with Crippen molar-refractivity contribution in [1.82, 2.24) is 14.6 Å². The van der Waals surface area contributed by atoms with Crippen LogP contribution in [0.5, 0.6) is 5.75 Å². The summed E-state index contributed by atoms with van der Waals surface area (Å²) in [6.45, 7) is 1.57. The number of nitrogens with zero attached hydrogens (tertiary/aromatic N) is 2. The predicted octanol–water partition coefficient (Wildman–Crippen LogP) is 2.66. The van der Waals surface area contributed by atoms with E-state index in [9.17, 15) is 18.0 Å². The zero-order valence-electron chi connectivity index (χ0n) is 17.5. The number of sulfone groups is 1. The Hall–Kier alpha value is -3.92. The zero-order chi connectivity index (χ0) is 23.0. The molecule has 0 saturated carbocycles. The van der Waals surface area contributed by atoms with Crippen molar-refractivity contribution in [3.63, 3.8) is 0 Å². The summed E-state index contributed by atoms with van der Waals surface area (Å²) in [5.74, 6) is -0.113. The summed E-state index contributed by atoms with van der Waals surface area (Å²) < 4.78 is 30.9. The Morgan fingerprint density at radius 1 is 1.12 bits per heavy atom. The van der Waals surface area contributed by atoms with E-state index in [0.29, 0.717) is 17.0 Å². The molecule has 1 amide bonds. The smallest absolute Gasteiger partial charge is 0.287 e. The maximum atomic E-state index is 13.2. The fourth-order valence-electron chi connectivity index (χ4n) is 3.45. The summed E-state index contributed by atoms with van der Waals surface area (Å²) in [7, 11) is -2.26. The van der Waals surface area contributed by atoms with Crippen molar-refractivity contribution in [2.45, 2.75) is 11.9 Å². The van der Waals surface area contributed by atoms with Gasteiger partial charge in [0, 0.05) is 23.7 Å². The predicted molar refractivity (Wildman–Crippen MR) is 120 cm³/mol. The maximum Gasteiger partial charge on any atom is 0.287 e. The number of rotatable bonds is 5. The van der Waals surface area contributed by atoms with Crippen LogP contribution in [-0.2, 0) is 9.84 Å². The summed E-state index contributed by atoms with van der Waals surface area (Å²) >= 11 is 0. The van der Waals surface area contributed by atoms with Crippen LogP contribution in [-0.4, -0.2) is 42.3 Å². The van der Waals surface area contributed by atoms with Crippen LogP contribution in [0, 0.1) is 6.92 Å². The molecule has 9 nitrogen and oxygen atoms in total. The third-order valence-corrected chi connectivity index (χ3v) is 5.90.